The van der Waals surface area contributed by atoms with Crippen LogP contribution in [0, 0.1) is 11.3 Å². The molecule has 0 amide bonds. The highest BCUT2D eigenvalue weighted by Gasteiger charge is 2.04. The number of anilines is 1. The summed E-state index contributed by atoms with van der Waals surface area (Å²) in [6.45, 7) is 0. The highest BCUT2D eigenvalue weighted by Crippen LogP contribution is 2.28. The average molecular weight is 230 g/mol. The number of hydrogen-bond donors (Lipinski definition) is 1. The van der Waals surface area contributed by atoms with Gasteiger partial charge in [0.2, 0.25) is 0 Å². The molecule has 0 aliphatic carbocycles. The predicted molar refractivity (Wildman–Crippen MR) is 63.8 cm³/mol. The zero-order chi connectivity index (χ0) is 11.5. The Balaban J connectivity index is 2.53. The summed E-state index contributed by atoms with van der Waals surface area (Å²) >= 11 is 6.08. The van der Waals surface area contributed by atoms with E-state index in [-0.39, 0.29) is 0 Å². The molecule has 0 unspecified atom stereocenters. The van der Waals surface area contributed by atoms with Crippen molar-refractivity contribution < 1.29 is 0 Å². The number of pyridine rings is 1. The molecule has 0 fully saturated rings. The van der Waals surface area contributed by atoms with Gasteiger partial charge in [-0.15, -0.1) is 0 Å². The fourth-order valence-corrected chi connectivity index (χ4v) is 1.72. The lowest BCUT2D eigenvalue weighted by Crippen LogP contribution is -1.90. The van der Waals surface area contributed by atoms with Crippen LogP contribution in [0.25, 0.3) is 11.1 Å². The Morgan fingerprint density at radius 1 is 1.25 bits per heavy atom. The number of hydrogen-bond acceptors (Lipinski definition) is 3. The lowest BCUT2D eigenvalue weighted by Gasteiger charge is -2.05. The number of benzene rings is 1. The first-order chi connectivity index (χ1) is 7.70. The molecule has 2 aromatic rings. The Morgan fingerprint density at radius 3 is 2.69 bits per heavy atom. The van der Waals surface area contributed by atoms with E-state index in [9.17, 15) is 0 Å². The molecule has 0 saturated heterocycles. The minimum absolute atomic E-state index is 0.443. The molecule has 0 spiro atoms. The molecule has 0 aliphatic rings. The molecule has 2 rings (SSSR count). The highest BCUT2D eigenvalue weighted by atomic mass is 35.5. The summed E-state index contributed by atoms with van der Waals surface area (Å²) in [5.74, 6) is 0.443. The van der Waals surface area contributed by atoms with Crippen molar-refractivity contribution in [3.63, 3.8) is 0 Å². The molecule has 78 valence electrons. The van der Waals surface area contributed by atoms with Crippen LogP contribution in [-0.4, -0.2) is 4.98 Å². The van der Waals surface area contributed by atoms with Crippen molar-refractivity contribution in [1.82, 2.24) is 4.98 Å². The Labute approximate surface area is 98.1 Å². The van der Waals surface area contributed by atoms with Crippen LogP contribution in [0.15, 0.2) is 36.5 Å². The number of nitriles is 1. The first kappa shape index (κ1) is 10.5. The van der Waals surface area contributed by atoms with Gasteiger partial charge < -0.3 is 5.73 Å². The van der Waals surface area contributed by atoms with E-state index in [1.165, 1.54) is 0 Å². The van der Waals surface area contributed by atoms with Crippen LogP contribution in [0.3, 0.4) is 0 Å². The zero-order valence-corrected chi connectivity index (χ0v) is 9.07. The van der Waals surface area contributed by atoms with Crippen LogP contribution in [0.1, 0.15) is 5.56 Å². The molecule has 16 heavy (non-hydrogen) atoms. The first-order valence-electron chi connectivity index (χ1n) is 4.62. The quantitative estimate of drug-likeness (QED) is 0.818. The van der Waals surface area contributed by atoms with E-state index in [1.807, 2.05) is 12.1 Å². The molecule has 3 nitrogen and oxygen atoms in total. The number of aromatic nitrogens is 1. The molecule has 0 radical (unpaired) electrons. The van der Waals surface area contributed by atoms with Gasteiger partial charge in [-0.2, -0.15) is 5.26 Å². The van der Waals surface area contributed by atoms with Crippen molar-refractivity contribution in [1.29, 1.82) is 5.26 Å². The van der Waals surface area contributed by atoms with E-state index < -0.39 is 0 Å². The van der Waals surface area contributed by atoms with Gasteiger partial charge in [-0.05, 0) is 29.8 Å². The van der Waals surface area contributed by atoms with Gasteiger partial charge >= 0.3 is 0 Å². The Morgan fingerprint density at radius 2 is 2.06 bits per heavy atom. The third kappa shape index (κ3) is 1.97. The SMILES string of the molecule is N#Cc1ccc(-c2ccnc(N)c2)c(Cl)c1. The normalized spacial score (nSPS) is 9.75. The lowest BCUT2D eigenvalue weighted by molar-refractivity contribution is 1.34. The summed E-state index contributed by atoms with van der Waals surface area (Å²) in [5.41, 5.74) is 7.87. The first-order valence-corrected chi connectivity index (χ1v) is 5.00. The molecular formula is C12H8ClN3. The monoisotopic (exact) mass is 229 g/mol. The summed E-state index contributed by atoms with van der Waals surface area (Å²) in [5, 5.41) is 9.26. The van der Waals surface area contributed by atoms with Crippen LogP contribution < -0.4 is 5.73 Å². The Kier molecular flexibility index (Phi) is 2.76. The van der Waals surface area contributed by atoms with Crippen molar-refractivity contribution >= 4 is 17.4 Å². The number of nitrogens with two attached hydrogens (primary N) is 1. The summed E-state index contributed by atoms with van der Waals surface area (Å²) in [6.07, 6.45) is 1.62. The number of nitrogen functional groups attached to an aromatic ring is 1. The van der Waals surface area contributed by atoms with Crippen molar-refractivity contribution in [2.75, 3.05) is 5.73 Å². The van der Waals surface area contributed by atoms with E-state index in [4.69, 9.17) is 22.6 Å². The van der Waals surface area contributed by atoms with Crippen LogP contribution >= 0.6 is 11.6 Å². The minimum atomic E-state index is 0.443. The molecule has 1 heterocycles. The maximum atomic E-state index is 8.73. The summed E-state index contributed by atoms with van der Waals surface area (Å²) in [7, 11) is 0. The Hall–Kier alpha value is -2.05. The maximum absolute atomic E-state index is 8.73. The molecular weight excluding hydrogens is 222 g/mol. The third-order valence-electron chi connectivity index (χ3n) is 2.19. The molecule has 0 atom stereocenters. The second-order valence-corrected chi connectivity index (χ2v) is 3.68. The predicted octanol–water partition coefficient (Wildman–Crippen LogP) is 2.86. The minimum Gasteiger partial charge on any atom is -0.384 e. The van der Waals surface area contributed by atoms with Crippen molar-refractivity contribution in [3.05, 3.63) is 47.1 Å². The fourth-order valence-electron chi connectivity index (χ4n) is 1.43. The number of nitrogens with zero attached hydrogens (tertiary/aromatic N) is 2. The average Bonchev–Trinajstić information content (AvgIpc) is 2.28. The van der Waals surface area contributed by atoms with Gasteiger partial charge in [-0.1, -0.05) is 17.7 Å². The largest absolute Gasteiger partial charge is 0.384 e. The maximum Gasteiger partial charge on any atom is 0.123 e. The smallest absolute Gasteiger partial charge is 0.123 e. The molecule has 2 N–H and O–H groups in total. The van der Waals surface area contributed by atoms with E-state index in [0.29, 0.717) is 16.4 Å². The molecule has 0 saturated carbocycles. The standard InChI is InChI=1S/C12H8ClN3/c13-11-5-8(7-14)1-2-10(11)9-3-4-16-12(15)6-9/h1-6H,(H2,15,16). The van der Waals surface area contributed by atoms with E-state index in [2.05, 4.69) is 4.98 Å². The molecule has 0 bridgehead atoms. The Bertz CT molecular complexity index is 573. The molecule has 4 heteroatoms. The lowest BCUT2D eigenvalue weighted by atomic mass is 10.1. The van der Waals surface area contributed by atoms with Crippen LogP contribution in [0.2, 0.25) is 5.02 Å². The fraction of sp³-hybridized carbons (Fsp3) is 0. The molecule has 1 aromatic carbocycles. The third-order valence-corrected chi connectivity index (χ3v) is 2.50. The highest BCUT2D eigenvalue weighted by molar-refractivity contribution is 6.33. The van der Waals surface area contributed by atoms with Gasteiger partial charge in [-0.3, -0.25) is 0 Å². The van der Waals surface area contributed by atoms with Crippen LogP contribution in [-0.2, 0) is 0 Å². The zero-order valence-electron chi connectivity index (χ0n) is 8.31. The van der Waals surface area contributed by atoms with E-state index in [0.717, 1.165) is 11.1 Å². The topological polar surface area (TPSA) is 62.7 Å². The van der Waals surface area contributed by atoms with Crippen molar-refractivity contribution in [2.45, 2.75) is 0 Å². The van der Waals surface area contributed by atoms with Gasteiger partial charge in [0, 0.05) is 16.8 Å². The van der Waals surface area contributed by atoms with Gasteiger partial charge in [-0.25, -0.2) is 4.98 Å². The van der Waals surface area contributed by atoms with Gasteiger partial charge in [0.1, 0.15) is 5.82 Å². The van der Waals surface area contributed by atoms with Gasteiger partial charge in [0.15, 0.2) is 0 Å². The number of halogens is 1. The second kappa shape index (κ2) is 4.21. The van der Waals surface area contributed by atoms with Crippen molar-refractivity contribution in [2.24, 2.45) is 0 Å². The molecule has 0 aliphatic heterocycles. The van der Waals surface area contributed by atoms with Gasteiger partial charge in [0.05, 0.1) is 11.6 Å². The van der Waals surface area contributed by atoms with Crippen LogP contribution in [0.4, 0.5) is 5.82 Å². The summed E-state index contributed by atoms with van der Waals surface area (Å²) in [6, 6.07) is 10.8. The van der Waals surface area contributed by atoms with Gasteiger partial charge in [0.25, 0.3) is 0 Å². The van der Waals surface area contributed by atoms with E-state index >= 15 is 0 Å². The molecule has 1 aromatic heterocycles. The van der Waals surface area contributed by atoms with Crippen LogP contribution in [0.5, 0.6) is 0 Å². The second-order valence-electron chi connectivity index (χ2n) is 3.28. The van der Waals surface area contributed by atoms with E-state index in [1.54, 1.807) is 30.5 Å². The van der Waals surface area contributed by atoms with Crippen molar-refractivity contribution in [3.8, 4) is 17.2 Å². The summed E-state index contributed by atoms with van der Waals surface area (Å²) in [4.78, 5) is 3.91. The summed E-state index contributed by atoms with van der Waals surface area (Å²) < 4.78 is 0. The number of rotatable bonds is 1.